The van der Waals surface area contributed by atoms with E-state index in [4.69, 9.17) is 0 Å². The van der Waals surface area contributed by atoms with Crippen LogP contribution in [0.3, 0.4) is 0 Å². The Morgan fingerprint density at radius 1 is 0.433 bits per heavy atom. The van der Waals surface area contributed by atoms with Crippen molar-refractivity contribution >= 4 is 8.19 Å². The molecule has 0 nitrogen and oxygen atoms in total. The number of aryl methyl sites for hydroxylation is 3. The molecule has 0 saturated heterocycles. The van der Waals surface area contributed by atoms with E-state index in [0.717, 1.165) is 0 Å². The SMILES string of the molecule is Cc1ccccc1-c1ccccc[pH]c(-c2ccccc2C)c1-c1ccccc1C. The smallest absolute Gasteiger partial charge is 0.00689 e. The van der Waals surface area contributed by atoms with Gasteiger partial charge in [0.1, 0.15) is 0 Å². The zero-order chi connectivity index (χ0) is 20.9. The molecule has 1 atom stereocenters. The Labute approximate surface area is 181 Å². The van der Waals surface area contributed by atoms with Crippen molar-refractivity contribution in [3.63, 3.8) is 0 Å². The minimum absolute atomic E-state index is 0.588. The molecule has 0 aliphatic heterocycles. The lowest BCUT2D eigenvalue weighted by atomic mass is 9.89. The van der Waals surface area contributed by atoms with Gasteiger partial charge in [-0.3, -0.25) is 0 Å². The molecular formula is C29H27P. The Balaban J connectivity index is 2.23. The Morgan fingerprint density at radius 2 is 0.900 bits per heavy atom. The summed E-state index contributed by atoms with van der Waals surface area (Å²) in [6.07, 6.45) is 0. The molecule has 3 aromatic carbocycles. The molecule has 0 aliphatic rings. The first-order valence-corrected chi connectivity index (χ1v) is 11.5. The number of hydrogen-bond donors (Lipinski definition) is 0. The summed E-state index contributed by atoms with van der Waals surface area (Å²) in [5, 5.41) is 1.40. The van der Waals surface area contributed by atoms with Crippen LogP contribution in [-0.4, -0.2) is 0 Å². The fourth-order valence-corrected chi connectivity index (χ4v) is 5.22. The molecule has 0 aliphatic carbocycles. The van der Waals surface area contributed by atoms with Gasteiger partial charge in [0, 0.05) is 10.9 Å². The number of rotatable bonds is 3. The van der Waals surface area contributed by atoms with Crippen molar-refractivity contribution in [2.75, 3.05) is 0 Å². The molecule has 30 heavy (non-hydrogen) atoms. The third-order valence-electron chi connectivity index (χ3n) is 5.59. The largest absolute Gasteiger partial charge is 0.131 e. The van der Waals surface area contributed by atoms with Gasteiger partial charge in [0.25, 0.3) is 0 Å². The summed E-state index contributed by atoms with van der Waals surface area (Å²) in [7, 11) is 0.588. The van der Waals surface area contributed by atoms with Crippen LogP contribution in [-0.2, 0) is 0 Å². The van der Waals surface area contributed by atoms with E-state index >= 15 is 0 Å². The molecule has 1 heteroatoms. The molecule has 148 valence electrons. The predicted octanol–water partition coefficient (Wildman–Crippen LogP) is 8.77. The molecule has 0 amide bonds. The summed E-state index contributed by atoms with van der Waals surface area (Å²) in [4.78, 5) is 0. The van der Waals surface area contributed by atoms with Gasteiger partial charge in [0.2, 0.25) is 0 Å². The Morgan fingerprint density at radius 3 is 1.50 bits per heavy atom. The van der Waals surface area contributed by atoms with Crippen molar-refractivity contribution < 1.29 is 0 Å². The van der Waals surface area contributed by atoms with Gasteiger partial charge in [-0.1, -0.05) is 97.1 Å². The summed E-state index contributed by atoms with van der Waals surface area (Å²) in [6, 6.07) is 35.0. The average molecular weight is 407 g/mol. The number of hydrogen-bond acceptors (Lipinski definition) is 0. The highest BCUT2D eigenvalue weighted by atomic mass is 31.0. The van der Waals surface area contributed by atoms with Crippen molar-refractivity contribution in [3.05, 3.63) is 120 Å². The second-order valence-electron chi connectivity index (χ2n) is 7.66. The van der Waals surface area contributed by atoms with Crippen LogP contribution in [0.5, 0.6) is 0 Å². The molecule has 0 bridgehead atoms. The summed E-state index contributed by atoms with van der Waals surface area (Å²) in [6.45, 7) is 6.64. The van der Waals surface area contributed by atoms with Crippen LogP contribution in [0.4, 0.5) is 0 Å². The molecule has 0 saturated carbocycles. The maximum atomic E-state index is 2.30. The molecule has 0 spiro atoms. The molecule has 0 fully saturated rings. The fourth-order valence-electron chi connectivity index (χ4n) is 3.99. The lowest BCUT2D eigenvalue weighted by Crippen LogP contribution is -1.92. The molecule has 1 heterocycles. The van der Waals surface area contributed by atoms with Gasteiger partial charge in [-0.2, -0.15) is 0 Å². The van der Waals surface area contributed by atoms with Crippen molar-refractivity contribution in [3.8, 4) is 33.1 Å². The van der Waals surface area contributed by atoms with Gasteiger partial charge in [0.15, 0.2) is 0 Å². The van der Waals surface area contributed by atoms with Gasteiger partial charge in [-0.05, 0) is 65.5 Å². The van der Waals surface area contributed by atoms with E-state index in [1.807, 2.05) is 0 Å². The summed E-state index contributed by atoms with van der Waals surface area (Å²) >= 11 is 0. The quantitative estimate of drug-likeness (QED) is 0.319. The molecule has 4 aromatic rings. The normalized spacial score (nSPS) is 10.8. The average Bonchev–Trinajstić information content (AvgIpc) is 2.85. The monoisotopic (exact) mass is 406 g/mol. The van der Waals surface area contributed by atoms with Crippen LogP contribution in [0.1, 0.15) is 16.7 Å². The Hall–Kier alpha value is -3.08. The minimum Gasteiger partial charge on any atom is -0.131 e. The molecule has 1 aromatic heterocycles. The minimum atomic E-state index is 0.588. The standard InChI is InChI=1S/C29H27P/c1-21-13-6-9-16-24(21)27-19-5-4-12-20-30-29(26-18-11-8-15-23(26)3)28(27)25-17-10-7-14-22(25)2/h4-20,30H,1-3H3. The third-order valence-corrected chi connectivity index (χ3v) is 6.76. The summed E-state index contributed by atoms with van der Waals surface area (Å²) in [5.41, 5.74) is 10.5. The van der Waals surface area contributed by atoms with Gasteiger partial charge < -0.3 is 0 Å². The lowest BCUT2D eigenvalue weighted by molar-refractivity contribution is 1.43. The van der Waals surface area contributed by atoms with E-state index < -0.39 is 0 Å². The maximum Gasteiger partial charge on any atom is 0.00689 e. The van der Waals surface area contributed by atoms with E-state index in [0.29, 0.717) is 8.19 Å². The molecule has 0 N–H and O–H groups in total. The van der Waals surface area contributed by atoms with Crippen LogP contribution in [0, 0.1) is 20.8 Å². The van der Waals surface area contributed by atoms with Crippen LogP contribution in [0.15, 0.2) is 103 Å². The van der Waals surface area contributed by atoms with Crippen LogP contribution < -0.4 is 0 Å². The van der Waals surface area contributed by atoms with E-state index in [2.05, 4.69) is 124 Å². The number of benzene rings is 3. The fraction of sp³-hybridized carbons (Fsp3) is 0.103. The van der Waals surface area contributed by atoms with Crippen molar-refractivity contribution in [1.29, 1.82) is 0 Å². The second-order valence-corrected chi connectivity index (χ2v) is 8.79. The highest BCUT2D eigenvalue weighted by molar-refractivity contribution is 7.33. The first-order valence-electron chi connectivity index (χ1n) is 10.4. The highest BCUT2D eigenvalue weighted by Gasteiger charge is 2.16. The first-order chi connectivity index (χ1) is 14.7. The Bertz CT molecular complexity index is 1150. The van der Waals surface area contributed by atoms with Gasteiger partial charge in [-0.25, -0.2) is 0 Å². The van der Waals surface area contributed by atoms with Crippen molar-refractivity contribution in [2.45, 2.75) is 20.8 Å². The lowest BCUT2D eigenvalue weighted by Gasteiger charge is -2.18. The maximum absolute atomic E-state index is 2.30. The highest BCUT2D eigenvalue weighted by Crippen LogP contribution is 2.44. The zero-order valence-corrected chi connectivity index (χ0v) is 18.8. The van der Waals surface area contributed by atoms with E-state index in [1.54, 1.807) is 0 Å². The first kappa shape index (κ1) is 20.2. The molecule has 1 unspecified atom stereocenters. The second kappa shape index (κ2) is 9.16. The van der Waals surface area contributed by atoms with E-state index in [9.17, 15) is 0 Å². The van der Waals surface area contributed by atoms with Gasteiger partial charge in [-0.15, -0.1) is 8.19 Å². The van der Waals surface area contributed by atoms with Crippen molar-refractivity contribution in [2.24, 2.45) is 0 Å². The third kappa shape index (κ3) is 4.11. The van der Waals surface area contributed by atoms with E-state index in [1.165, 1.54) is 49.8 Å². The van der Waals surface area contributed by atoms with Crippen LogP contribution in [0.25, 0.3) is 33.1 Å². The summed E-state index contributed by atoms with van der Waals surface area (Å²) in [5.74, 6) is 2.30. The Kier molecular flexibility index (Phi) is 6.17. The van der Waals surface area contributed by atoms with Gasteiger partial charge >= 0.3 is 0 Å². The van der Waals surface area contributed by atoms with E-state index in [-0.39, 0.29) is 0 Å². The van der Waals surface area contributed by atoms with Crippen molar-refractivity contribution in [1.82, 2.24) is 0 Å². The van der Waals surface area contributed by atoms with Gasteiger partial charge in [0.05, 0.1) is 0 Å². The molecular weight excluding hydrogens is 379 g/mol. The topological polar surface area (TPSA) is 0 Å². The molecule has 4 rings (SSSR count). The molecule has 0 radical (unpaired) electrons. The zero-order valence-electron chi connectivity index (χ0n) is 17.8. The summed E-state index contributed by atoms with van der Waals surface area (Å²) < 4.78 is 0. The predicted molar refractivity (Wildman–Crippen MR) is 134 cm³/mol. The van der Waals surface area contributed by atoms with Crippen LogP contribution in [0.2, 0.25) is 0 Å². The van der Waals surface area contributed by atoms with Crippen LogP contribution >= 0.6 is 8.19 Å².